The molecular weight excluding hydrogens is 266 g/mol. The Morgan fingerprint density at radius 1 is 1.19 bits per heavy atom. The molecule has 0 aromatic rings. The van der Waals surface area contributed by atoms with Crippen LogP contribution in [0.5, 0.6) is 0 Å². The van der Waals surface area contributed by atoms with E-state index >= 15 is 0 Å². The molecule has 21 heavy (non-hydrogen) atoms. The Kier molecular flexibility index (Phi) is 5.62. The third kappa shape index (κ3) is 4.43. The second-order valence-corrected chi connectivity index (χ2v) is 6.92. The Labute approximate surface area is 127 Å². The highest BCUT2D eigenvalue weighted by Crippen LogP contribution is 2.29. The monoisotopic (exact) mass is 295 g/mol. The van der Waals surface area contributed by atoms with Crippen LogP contribution in [0.3, 0.4) is 0 Å². The molecule has 1 aliphatic carbocycles. The van der Waals surface area contributed by atoms with Gasteiger partial charge in [-0.1, -0.05) is 26.7 Å². The molecule has 2 rings (SSSR count). The van der Waals surface area contributed by atoms with Gasteiger partial charge in [-0.15, -0.1) is 0 Å². The maximum Gasteiger partial charge on any atom is 0.234 e. The zero-order valence-electron chi connectivity index (χ0n) is 13.3. The number of carbonyl (C=O) groups excluding carboxylic acids is 2. The molecule has 0 aromatic carbocycles. The van der Waals surface area contributed by atoms with Gasteiger partial charge in [-0.3, -0.25) is 14.5 Å². The van der Waals surface area contributed by atoms with Gasteiger partial charge in [0.25, 0.3) is 0 Å². The van der Waals surface area contributed by atoms with Crippen molar-refractivity contribution >= 4 is 11.8 Å². The first kappa shape index (κ1) is 16.3. The molecule has 1 saturated carbocycles. The van der Waals surface area contributed by atoms with E-state index in [9.17, 15) is 9.59 Å². The fraction of sp³-hybridized carbons (Fsp3) is 0.875. The Hall–Kier alpha value is -1.10. The first-order valence-electron chi connectivity index (χ1n) is 8.28. The molecule has 2 amide bonds. The van der Waals surface area contributed by atoms with Crippen molar-refractivity contribution in [3.05, 3.63) is 0 Å². The number of piperidine rings is 1. The van der Waals surface area contributed by atoms with Gasteiger partial charge in [0.15, 0.2) is 0 Å². The Morgan fingerprint density at radius 3 is 2.67 bits per heavy atom. The molecule has 0 bridgehead atoms. The van der Waals surface area contributed by atoms with Crippen molar-refractivity contribution in [2.75, 3.05) is 19.6 Å². The Morgan fingerprint density at radius 2 is 1.95 bits per heavy atom. The van der Waals surface area contributed by atoms with Crippen LogP contribution in [0.1, 0.15) is 46.0 Å². The van der Waals surface area contributed by atoms with Gasteiger partial charge < -0.3 is 11.1 Å². The largest absolute Gasteiger partial charge is 0.369 e. The van der Waals surface area contributed by atoms with Gasteiger partial charge in [-0.05, 0) is 37.6 Å². The number of hydrogen-bond acceptors (Lipinski definition) is 3. The van der Waals surface area contributed by atoms with Gasteiger partial charge in [-0.25, -0.2) is 0 Å². The van der Waals surface area contributed by atoms with Crippen molar-refractivity contribution in [1.29, 1.82) is 0 Å². The predicted octanol–water partition coefficient (Wildman–Crippen LogP) is 1.12. The highest BCUT2D eigenvalue weighted by atomic mass is 16.2. The molecule has 5 heteroatoms. The zero-order valence-corrected chi connectivity index (χ0v) is 13.3. The average molecular weight is 295 g/mol. The molecule has 5 nitrogen and oxygen atoms in total. The number of likely N-dealkylation sites (tertiary alicyclic amines) is 1. The number of carbonyl (C=O) groups is 2. The summed E-state index contributed by atoms with van der Waals surface area (Å²) in [6, 6.07) is 0.304. The van der Waals surface area contributed by atoms with E-state index in [1.54, 1.807) is 0 Å². The molecule has 1 saturated heterocycles. The molecule has 0 aromatic heterocycles. The lowest BCUT2D eigenvalue weighted by molar-refractivity contribution is -0.127. The topological polar surface area (TPSA) is 75.4 Å². The van der Waals surface area contributed by atoms with Gasteiger partial charge in [0.05, 0.1) is 12.5 Å². The van der Waals surface area contributed by atoms with E-state index in [0.29, 0.717) is 31.0 Å². The van der Waals surface area contributed by atoms with Gasteiger partial charge in [0.2, 0.25) is 11.8 Å². The molecule has 0 spiro atoms. The van der Waals surface area contributed by atoms with Crippen molar-refractivity contribution in [3.63, 3.8) is 0 Å². The number of amides is 2. The lowest BCUT2D eigenvalue weighted by Gasteiger charge is -2.36. The Balaban J connectivity index is 1.80. The third-order valence-corrected chi connectivity index (χ3v) is 5.33. The molecule has 0 unspecified atom stereocenters. The van der Waals surface area contributed by atoms with Gasteiger partial charge in [0.1, 0.15) is 0 Å². The van der Waals surface area contributed by atoms with E-state index in [4.69, 9.17) is 5.73 Å². The number of nitrogens with zero attached hydrogens (tertiary/aromatic N) is 1. The highest BCUT2D eigenvalue weighted by Gasteiger charge is 2.29. The summed E-state index contributed by atoms with van der Waals surface area (Å²) in [7, 11) is 0. The van der Waals surface area contributed by atoms with Crippen molar-refractivity contribution < 1.29 is 9.59 Å². The SMILES string of the molecule is C[C@@H]1[C@@H](C)CCC[C@H]1NC(=O)CN1CCC[C@H](C(N)=O)C1. The van der Waals surface area contributed by atoms with Crippen LogP contribution in [0, 0.1) is 17.8 Å². The van der Waals surface area contributed by atoms with Gasteiger partial charge in [0, 0.05) is 12.6 Å². The summed E-state index contributed by atoms with van der Waals surface area (Å²) in [5.41, 5.74) is 5.38. The normalized spacial score (nSPS) is 34.4. The van der Waals surface area contributed by atoms with E-state index < -0.39 is 0 Å². The van der Waals surface area contributed by atoms with E-state index in [0.717, 1.165) is 25.8 Å². The molecule has 0 radical (unpaired) electrons. The van der Waals surface area contributed by atoms with Crippen LogP contribution < -0.4 is 11.1 Å². The third-order valence-electron chi connectivity index (χ3n) is 5.33. The van der Waals surface area contributed by atoms with Crippen LogP contribution in [-0.2, 0) is 9.59 Å². The second kappa shape index (κ2) is 7.25. The number of primary amides is 1. The lowest BCUT2D eigenvalue weighted by atomic mass is 9.78. The summed E-state index contributed by atoms with van der Waals surface area (Å²) >= 11 is 0. The highest BCUT2D eigenvalue weighted by molar-refractivity contribution is 5.79. The average Bonchev–Trinajstić information content (AvgIpc) is 2.44. The molecular formula is C16H29N3O2. The summed E-state index contributed by atoms with van der Waals surface area (Å²) in [6.07, 6.45) is 5.34. The first-order valence-corrected chi connectivity index (χ1v) is 8.28. The number of nitrogens with two attached hydrogens (primary N) is 1. The van der Waals surface area contributed by atoms with Crippen molar-refractivity contribution in [3.8, 4) is 0 Å². The minimum atomic E-state index is -0.241. The predicted molar refractivity (Wildman–Crippen MR) is 82.5 cm³/mol. The van der Waals surface area contributed by atoms with Crippen LogP contribution >= 0.6 is 0 Å². The second-order valence-electron chi connectivity index (χ2n) is 6.92. The molecule has 120 valence electrons. The van der Waals surface area contributed by atoms with Crippen molar-refractivity contribution in [2.45, 2.75) is 52.0 Å². The quantitative estimate of drug-likeness (QED) is 0.816. The Bertz CT molecular complexity index is 386. The van der Waals surface area contributed by atoms with Gasteiger partial charge in [-0.2, -0.15) is 0 Å². The van der Waals surface area contributed by atoms with Crippen molar-refractivity contribution in [1.82, 2.24) is 10.2 Å². The smallest absolute Gasteiger partial charge is 0.234 e. The number of hydrogen-bond donors (Lipinski definition) is 2. The maximum absolute atomic E-state index is 12.2. The van der Waals surface area contributed by atoms with E-state index in [1.807, 2.05) is 0 Å². The van der Waals surface area contributed by atoms with Crippen LogP contribution in [0.15, 0.2) is 0 Å². The van der Waals surface area contributed by atoms with Crippen LogP contribution in [-0.4, -0.2) is 42.4 Å². The minimum absolute atomic E-state index is 0.0890. The van der Waals surface area contributed by atoms with E-state index in [2.05, 4.69) is 24.1 Å². The zero-order chi connectivity index (χ0) is 15.4. The fourth-order valence-corrected chi connectivity index (χ4v) is 3.67. The molecule has 2 aliphatic rings. The molecule has 2 fully saturated rings. The fourth-order valence-electron chi connectivity index (χ4n) is 3.67. The summed E-state index contributed by atoms with van der Waals surface area (Å²) < 4.78 is 0. The van der Waals surface area contributed by atoms with E-state index in [1.165, 1.54) is 12.8 Å². The van der Waals surface area contributed by atoms with Crippen molar-refractivity contribution in [2.24, 2.45) is 23.5 Å². The molecule has 1 heterocycles. The van der Waals surface area contributed by atoms with Crippen LogP contribution in [0.25, 0.3) is 0 Å². The maximum atomic E-state index is 12.2. The lowest BCUT2D eigenvalue weighted by Crippen LogP contribution is -2.49. The summed E-state index contributed by atoms with van der Waals surface area (Å²) in [6.45, 7) is 6.40. The van der Waals surface area contributed by atoms with Crippen LogP contribution in [0.2, 0.25) is 0 Å². The summed E-state index contributed by atoms with van der Waals surface area (Å²) in [5.74, 6) is 0.974. The number of nitrogens with one attached hydrogen (secondary N) is 1. The van der Waals surface area contributed by atoms with E-state index in [-0.39, 0.29) is 17.7 Å². The van der Waals surface area contributed by atoms with Gasteiger partial charge >= 0.3 is 0 Å². The molecule has 3 N–H and O–H groups in total. The number of rotatable bonds is 4. The standard InChI is InChI=1S/C16H29N3O2/c1-11-5-3-7-14(12(11)2)18-15(20)10-19-8-4-6-13(9-19)16(17)21/h11-14H,3-10H2,1-2H3,(H2,17,21)(H,18,20)/t11-,12+,13-,14+/m0/s1. The summed E-state index contributed by atoms with van der Waals surface area (Å²) in [4.78, 5) is 25.6. The van der Waals surface area contributed by atoms with Crippen LogP contribution in [0.4, 0.5) is 0 Å². The summed E-state index contributed by atoms with van der Waals surface area (Å²) in [5, 5.41) is 3.19. The molecule has 4 atom stereocenters. The minimum Gasteiger partial charge on any atom is -0.369 e. The molecule has 1 aliphatic heterocycles. The first-order chi connectivity index (χ1) is 9.97.